The van der Waals surface area contributed by atoms with Crippen LogP contribution in [0, 0.1) is 0 Å². The highest BCUT2D eigenvalue weighted by atomic mass is 16.6. The lowest BCUT2D eigenvalue weighted by Gasteiger charge is -2.06. The molecule has 0 atom stereocenters. The molecule has 0 saturated carbocycles. The second kappa shape index (κ2) is 12.2. The lowest BCUT2D eigenvalue weighted by atomic mass is 10.1. The van der Waals surface area contributed by atoms with E-state index in [1.54, 1.807) is 0 Å². The monoisotopic (exact) mass is 320 g/mol. The van der Waals surface area contributed by atoms with Crippen LogP contribution >= 0.6 is 0 Å². The molecular weight excluding hydrogens is 296 g/mol. The molecule has 0 radical (unpaired) electrons. The third-order valence-corrected chi connectivity index (χ3v) is 3.04. The third-order valence-electron chi connectivity index (χ3n) is 3.04. The molecule has 126 valence electrons. The summed E-state index contributed by atoms with van der Waals surface area (Å²) in [5.74, 6) is 0.464. The van der Waals surface area contributed by atoms with Crippen molar-refractivity contribution >= 4 is 11.7 Å². The molecule has 0 unspecified atom stereocenters. The Bertz CT molecular complexity index is 486. The summed E-state index contributed by atoms with van der Waals surface area (Å²) in [6, 6.07) is 7.36. The van der Waals surface area contributed by atoms with E-state index < -0.39 is 0 Å². The Morgan fingerprint density at radius 2 is 1.74 bits per heavy atom. The molecule has 0 aliphatic rings. The molecule has 23 heavy (non-hydrogen) atoms. The highest BCUT2D eigenvalue weighted by Crippen LogP contribution is 2.18. The van der Waals surface area contributed by atoms with Crippen LogP contribution in [-0.4, -0.2) is 26.3 Å². The fraction of sp³-hybridized carbons (Fsp3) is 0.471. The van der Waals surface area contributed by atoms with Gasteiger partial charge in [-0.25, -0.2) is 4.79 Å². The van der Waals surface area contributed by atoms with Gasteiger partial charge in [-0.05, 0) is 37.1 Å². The van der Waals surface area contributed by atoms with Crippen molar-refractivity contribution in [3.05, 3.63) is 36.9 Å². The lowest BCUT2D eigenvalue weighted by Crippen LogP contribution is -2.01. The van der Waals surface area contributed by atoms with Gasteiger partial charge in [0.15, 0.2) is 0 Å². The summed E-state index contributed by atoms with van der Waals surface area (Å²) in [7, 11) is 1.45. The van der Waals surface area contributed by atoms with Crippen molar-refractivity contribution in [2.75, 3.05) is 20.3 Å². The molecule has 6 heteroatoms. The minimum absolute atomic E-state index is 0.354. The number of hydrogen-bond donors (Lipinski definition) is 0. The summed E-state index contributed by atoms with van der Waals surface area (Å²) in [4.78, 5) is 15.3. The fourth-order valence-electron chi connectivity index (χ4n) is 1.85. The largest absolute Gasteiger partial charge is 0.494 e. The number of carbonyl (C=O) groups is 1. The topological polar surface area (TPSA) is 69.5 Å². The van der Waals surface area contributed by atoms with Crippen molar-refractivity contribution in [1.29, 1.82) is 0 Å². The van der Waals surface area contributed by atoms with E-state index in [1.807, 2.05) is 24.3 Å². The van der Waals surface area contributed by atoms with Gasteiger partial charge in [0, 0.05) is 11.4 Å². The lowest BCUT2D eigenvalue weighted by molar-refractivity contribution is -0.137. The van der Waals surface area contributed by atoms with Gasteiger partial charge in [0.2, 0.25) is 0 Å². The zero-order valence-corrected chi connectivity index (χ0v) is 13.6. The Morgan fingerprint density at radius 3 is 2.39 bits per heavy atom. The molecule has 1 rings (SSSR count). The van der Waals surface area contributed by atoms with Gasteiger partial charge in [0.25, 0.3) is 0 Å². The van der Waals surface area contributed by atoms with Crippen molar-refractivity contribution in [3.8, 4) is 5.75 Å². The first-order valence-corrected chi connectivity index (χ1v) is 7.72. The maximum atomic E-state index is 10.8. The van der Waals surface area contributed by atoms with Crippen molar-refractivity contribution in [2.45, 2.75) is 32.1 Å². The Balaban J connectivity index is 2.01. The van der Waals surface area contributed by atoms with Crippen molar-refractivity contribution in [2.24, 2.45) is 10.4 Å². The highest BCUT2D eigenvalue weighted by Gasteiger charge is 1.97. The molecule has 1 aromatic carbocycles. The van der Waals surface area contributed by atoms with E-state index in [0.717, 1.165) is 43.5 Å². The van der Waals surface area contributed by atoms with Gasteiger partial charge >= 0.3 is 5.97 Å². The summed E-state index contributed by atoms with van der Waals surface area (Å²) in [5.41, 5.74) is 0.719. The average molecular weight is 320 g/mol. The van der Waals surface area contributed by atoms with Crippen LogP contribution in [0.2, 0.25) is 0 Å². The molecule has 0 aliphatic heterocycles. The Labute approximate surface area is 137 Å². The van der Waals surface area contributed by atoms with E-state index in [9.17, 15) is 4.79 Å². The van der Waals surface area contributed by atoms with Gasteiger partial charge in [-0.1, -0.05) is 25.8 Å². The normalized spacial score (nSPS) is 10.5. The van der Waals surface area contributed by atoms with Crippen LogP contribution in [0.1, 0.15) is 32.1 Å². The van der Waals surface area contributed by atoms with E-state index in [2.05, 4.69) is 21.8 Å². The average Bonchev–Trinajstić information content (AvgIpc) is 2.59. The Kier molecular flexibility index (Phi) is 9.91. The van der Waals surface area contributed by atoms with Crippen LogP contribution in [0.15, 0.2) is 47.3 Å². The van der Waals surface area contributed by atoms with E-state index in [-0.39, 0.29) is 5.97 Å². The SMILES string of the molecule is C=CC(=O)OCCCCCCCOc1ccc(N=NOC)cc1. The number of nitrogens with zero attached hydrogens (tertiary/aromatic N) is 2. The summed E-state index contributed by atoms with van der Waals surface area (Å²) in [6.45, 7) is 4.50. The second-order valence-corrected chi connectivity index (χ2v) is 4.85. The summed E-state index contributed by atoms with van der Waals surface area (Å²) >= 11 is 0. The predicted octanol–water partition coefficient (Wildman–Crippen LogP) is 4.39. The third kappa shape index (κ3) is 9.29. The standard InChI is InChI=1S/C17H24N2O4/c1-3-17(20)23-14-8-6-4-5-7-13-22-16-11-9-15(10-12-16)18-19-21-2/h3,9-12H,1,4-8,13-14H2,2H3. The Morgan fingerprint density at radius 1 is 1.09 bits per heavy atom. The predicted molar refractivity (Wildman–Crippen MR) is 87.7 cm³/mol. The quantitative estimate of drug-likeness (QED) is 0.188. The number of hydrogen-bond acceptors (Lipinski definition) is 6. The maximum Gasteiger partial charge on any atom is 0.330 e. The van der Waals surface area contributed by atoms with Crippen LogP contribution in [-0.2, 0) is 14.4 Å². The molecule has 0 saturated heterocycles. The molecule has 0 N–H and O–H groups in total. The molecule has 0 spiro atoms. The zero-order chi connectivity index (χ0) is 16.8. The van der Waals surface area contributed by atoms with Crippen LogP contribution in [0.25, 0.3) is 0 Å². The van der Waals surface area contributed by atoms with Gasteiger partial charge in [-0.15, -0.1) is 5.11 Å². The summed E-state index contributed by atoms with van der Waals surface area (Å²) < 4.78 is 10.6. The van der Waals surface area contributed by atoms with E-state index in [4.69, 9.17) is 9.47 Å². The number of carbonyl (C=O) groups excluding carboxylic acids is 1. The van der Waals surface area contributed by atoms with Crippen LogP contribution < -0.4 is 4.74 Å². The van der Waals surface area contributed by atoms with Crippen LogP contribution in [0.4, 0.5) is 5.69 Å². The first kappa shape index (κ1) is 18.7. The molecule has 0 bridgehead atoms. The number of rotatable bonds is 12. The first-order valence-electron chi connectivity index (χ1n) is 7.72. The number of ether oxygens (including phenoxy) is 2. The van der Waals surface area contributed by atoms with Gasteiger partial charge in [0.05, 0.1) is 18.9 Å². The van der Waals surface area contributed by atoms with Gasteiger partial charge in [-0.3, -0.25) is 0 Å². The molecule has 0 aliphatic carbocycles. The zero-order valence-electron chi connectivity index (χ0n) is 13.6. The molecule has 0 amide bonds. The van der Waals surface area contributed by atoms with Crippen LogP contribution in [0.5, 0.6) is 5.75 Å². The highest BCUT2D eigenvalue weighted by molar-refractivity contribution is 5.81. The van der Waals surface area contributed by atoms with E-state index in [1.165, 1.54) is 13.2 Å². The maximum absolute atomic E-state index is 10.8. The molecule has 0 fully saturated rings. The molecule has 0 heterocycles. The van der Waals surface area contributed by atoms with Gasteiger partial charge < -0.3 is 14.3 Å². The number of benzene rings is 1. The smallest absolute Gasteiger partial charge is 0.330 e. The first-order chi connectivity index (χ1) is 11.3. The molecular formula is C17H24N2O4. The van der Waals surface area contributed by atoms with Crippen molar-refractivity contribution in [3.63, 3.8) is 0 Å². The number of esters is 1. The molecule has 6 nitrogen and oxygen atoms in total. The second-order valence-electron chi connectivity index (χ2n) is 4.85. The van der Waals surface area contributed by atoms with Gasteiger partial charge in [0.1, 0.15) is 12.9 Å². The Hall–Kier alpha value is -2.37. The molecule has 1 aromatic rings. The van der Waals surface area contributed by atoms with Crippen LogP contribution in [0.3, 0.4) is 0 Å². The molecule has 0 aromatic heterocycles. The summed E-state index contributed by atoms with van der Waals surface area (Å²) in [6.07, 6.45) is 6.31. The number of unbranched alkanes of at least 4 members (excludes halogenated alkanes) is 4. The minimum atomic E-state index is -0.354. The minimum Gasteiger partial charge on any atom is -0.494 e. The van der Waals surface area contributed by atoms with Crippen molar-refractivity contribution in [1.82, 2.24) is 0 Å². The fourth-order valence-corrected chi connectivity index (χ4v) is 1.85. The summed E-state index contributed by atoms with van der Waals surface area (Å²) in [5, 5.41) is 7.29. The van der Waals surface area contributed by atoms with Gasteiger partial charge in [-0.2, -0.15) is 0 Å². The van der Waals surface area contributed by atoms with Crippen molar-refractivity contribution < 1.29 is 19.1 Å². The van der Waals surface area contributed by atoms with E-state index in [0.29, 0.717) is 13.2 Å². The van der Waals surface area contributed by atoms with E-state index >= 15 is 0 Å².